The average molecular weight is 379 g/mol. The van der Waals surface area contributed by atoms with Crippen LogP contribution in [0.4, 0.5) is 0 Å². The Labute approximate surface area is 162 Å². The number of rotatable bonds is 2. The smallest absolute Gasteiger partial charge is 0.226 e. The van der Waals surface area contributed by atoms with E-state index in [4.69, 9.17) is 10.5 Å². The number of nitrogens with zero attached hydrogens (tertiary/aromatic N) is 1. The van der Waals surface area contributed by atoms with Crippen LogP contribution < -0.4 is 5.73 Å². The fraction of sp³-hybridized carbons (Fsp3) is 0.667. The van der Waals surface area contributed by atoms with Crippen molar-refractivity contribution in [3.63, 3.8) is 0 Å². The molecular weight excluding hydrogens is 348 g/mol. The maximum atomic E-state index is 13.3. The molecule has 0 spiro atoms. The number of halogens is 1. The maximum Gasteiger partial charge on any atom is 0.226 e. The van der Waals surface area contributed by atoms with Crippen molar-refractivity contribution >= 4 is 18.3 Å². The van der Waals surface area contributed by atoms with Crippen LogP contribution in [0.3, 0.4) is 0 Å². The molecule has 3 fully saturated rings. The number of ether oxygens (including phenoxy) is 1. The van der Waals surface area contributed by atoms with E-state index in [1.807, 2.05) is 18.2 Å². The summed E-state index contributed by atoms with van der Waals surface area (Å²) in [6, 6.07) is 10.7. The molecule has 4 unspecified atom stereocenters. The first-order valence-corrected chi connectivity index (χ1v) is 9.86. The molecule has 4 rings (SSSR count). The molecule has 26 heavy (non-hydrogen) atoms. The molecule has 5 heteroatoms. The van der Waals surface area contributed by atoms with Crippen LogP contribution in [0.2, 0.25) is 0 Å². The number of hydrogen-bond acceptors (Lipinski definition) is 3. The van der Waals surface area contributed by atoms with E-state index in [0.717, 1.165) is 18.4 Å². The van der Waals surface area contributed by atoms with Crippen molar-refractivity contribution in [3.05, 3.63) is 35.9 Å². The van der Waals surface area contributed by atoms with Gasteiger partial charge < -0.3 is 15.4 Å². The van der Waals surface area contributed by atoms with E-state index in [-0.39, 0.29) is 30.5 Å². The number of benzene rings is 1. The number of fused-ring (bicyclic) bond motifs is 2. The Bertz CT molecular complexity index is 597. The molecule has 1 aliphatic heterocycles. The quantitative estimate of drug-likeness (QED) is 0.856. The van der Waals surface area contributed by atoms with Crippen molar-refractivity contribution < 1.29 is 9.53 Å². The monoisotopic (exact) mass is 378 g/mol. The van der Waals surface area contributed by atoms with E-state index >= 15 is 0 Å². The lowest BCUT2D eigenvalue weighted by atomic mass is 9.65. The summed E-state index contributed by atoms with van der Waals surface area (Å²) in [7, 11) is 0. The third-order valence-electron chi connectivity index (χ3n) is 6.65. The van der Waals surface area contributed by atoms with Crippen LogP contribution in [0.1, 0.15) is 50.7 Å². The van der Waals surface area contributed by atoms with Crippen molar-refractivity contribution in [3.8, 4) is 0 Å². The van der Waals surface area contributed by atoms with Gasteiger partial charge in [-0.2, -0.15) is 0 Å². The van der Waals surface area contributed by atoms with Gasteiger partial charge in [0, 0.05) is 12.0 Å². The molecule has 4 nitrogen and oxygen atoms in total. The van der Waals surface area contributed by atoms with Crippen molar-refractivity contribution in [2.45, 2.75) is 57.2 Å². The summed E-state index contributed by atoms with van der Waals surface area (Å²) in [6.07, 6.45) is 5.65. The highest BCUT2D eigenvalue weighted by Gasteiger charge is 2.43. The second kappa shape index (κ2) is 8.28. The number of hydrogen-bond donors (Lipinski definition) is 1. The van der Waals surface area contributed by atoms with Gasteiger partial charge >= 0.3 is 0 Å². The fourth-order valence-corrected chi connectivity index (χ4v) is 5.16. The molecule has 0 radical (unpaired) electrons. The molecule has 0 aromatic heterocycles. The lowest BCUT2D eigenvalue weighted by Crippen LogP contribution is -2.54. The van der Waals surface area contributed by atoms with E-state index in [1.165, 1.54) is 19.3 Å². The zero-order chi connectivity index (χ0) is 17.4. The number of amides is 1. The minimum Gasteiger partial charge on any atom is -0.370 e. The van der Waals surface area contributed by atoms with Crippen molar-refractivity contribution in [2.75, 3.05) is 13.2 Å². The van der Waals surface area contributed by atoms with Gasteiger partial charge in [0.25, 0.3) is 0 Å². The molecule has 2 saturated carbocycles. The number of nitrogens with two attached hydrogens (primary N) is 1. The Hall–Kier alpha value is -1.10. The Balaban J connectivity index is 0.00000196. The van der Waals surface area contributed by atoms with Crippen LogP contribution in [0, 0.1) is 17.8 Å². The van der Waals surface area contributed by atoms with E-state index in [0.29, 0.717) is 36.9 Å². The van der Waals surface area contributed by atoms with Gasteiger partial charge in [-0.3, -0.25) is 4.79 Å². The molecule has 1 heterocycles. The van der Waals surface area contributed by atoms with E-state index in [9.17, 15) is 4.79 Å². The summed E-state index contributed by atoms with van der Waals surface area (Å²) in [5.41, 5.74) is 7.57. The maximum absolute atomic E-state index is 13.3. The van der Waals surface area contributed by atoms with E-state index in [1.54, 1.807) is 0 Å². The normalized spacial score (nSPS) is 36.9. The lowest BCUT2D eigenvalue weighted by Gasteiger charge is -2.46. The minimum absolute atomic E-state index is 0. The van der Waals surface area contributed by atoms with Crippen molar-refractivity contribution in [2.24, 2.45) is 23.5 Å². The molecule has 144 valence electrons. The van der Waals surface area contributed by atoms with Gasteiger partial charge in [0.05, 0.1) is 19.2 Å². The largest absolute Gasteiger partial charge is 0.370 e. The predicted molar refractivity (Wildman–Crippen MR) is 105 cm³/mol. The Kier molecular flexibility index (Phi) is 6.26. The van der Waals surface area contributed by atoms with Crippen LogP contribution in [-0.4, -0.2) is 36.0 Å². The molecule has 2 aliphatic carbocycles. The third-order valence-corrected chi connectivity index (χ3v) is 6.65. The molecule has 3 aliphatic rings. The summed E-state index contributed by atoms with van der Waals surface area (Å²) in [5.74, 6) is 1.58. The van der Waals surface area contributed by atoms with E-state index in [2.05, 4.69) is 24.0 Å². The topological polar surface area (TPSA) is 55.6 Å². The van der Waals surface area contributed by atoms with Crippen LogP contribution in [0.25, 0.3) is 0 Å². The molecule has 1 amide bonds. The zero-order valence-electron chi connectivity index (χ0n) is 15.5. The second-order valence-corrected chi connectivity index (χ2v) is 8.27. The predicted octanol–water partition coefficient (Wildman–Crippen LogP) is 3.55. The molecule has 1 saturated heterocycles. The third kappa shape index (κ3) is 3.78. The highest BCUT2D eigenvalue weighted by Crippen LogP contribution is 2.43. The Morgan fingerprint density at radius 1 is 1.15 bits per heavy atom. The number of carbonyl (C=O) groups excluding carboxylic acids is 1. The summed E-state index contributed by atoms with van der Waals surface area (Å²) in [5, 5.41) is 0. The van der Waals surface area contributed by atoms with Crippen molar-refractivity contribution in [1.29, 1.82) is 0 Å². The minimum atomic E-state index is -0.00769. The first kappa shape index (κ1) is 19.7. The van der Waals surface area contributed by atoms with Crippen molar-refractivity contribution in [1.82, 2.24) is 4.90 Å². The lowest BCUT2D eigenvalue weighted by molar-refractivity contribution is -0.151. The first-order valence-electron chi connectivity index (χ1n) is 9.86. The molecular formula is C21H31ClN2O2. The van der Waals surface area contributed by atoms with Gasteiger partial charge in [-0.05, 0) is 50.0 Å². The number of carbonyl (C=O) groups is 1. The first-order chi connectivity index (χ1) is 12.1. The van der Waals surface area contributed by atoms with Gasteiger partial charge in [0.1, 0.15) is 6.10 Å². The molecule has 1 aromatic carbocycles. The molecule has 4 atom stereocenters. The van der Waals surface area contributed by atoms with E-state index < -0.39 is 0 Å². The van der Waals surface area contributed by atoms with Gasteiger partial charge in [0.2, 0.25) is 5.91 Å². The average Bonchev–Trinajstić information content (AvgIpc) is 2.62. The van der Waals surface area contributed by atoms with Crippen LogP contribution >= 0.6 is 12.4 Å². The number of morpholine rings is 1. The molecule has 2 N–H and O–H groups in total. The van der Waals surface area contributed by atoms with Gasteiger partial charge in [-0.25, -0.2) is 0 Å². The SMILES string of the molecule is CC1COC(c2ccccc2)CN1C(=O)C1CC2CCCC(C1)C2N.Cl. The summed E-state index contributed by atoms with van der Waals surface area (Å²) < 4.78 is 6.02. The highest BCUT2D eigenvalue weighted by atomic mass is 35.5. The second-order valence-electron chi connectivity index (χ2n) is 8.27. The Morgan fingerprint density at radius 3 is 2.46 bits per heavy atom. The Morgan fingerprint density at radius 2 is 1.81 bits per heavy atom. The fourth-order valence-electron chi connectivity index (χ4n) is 5.16. The molecule has 2 bridgehead atoms. The summed E-state index contributed by atoms with van der Waals surface area (Å²) >= 11 is 0. The van der Waals surface area contributed by atoms with Crippen LogP contribution in [0.15, 0.2) is 30.3 Å². The van der Waals surface area contributed by atoms with Gasteiger partial charge in [0.15, 0.2) is 0 Å². The van der Waals surface area contributed by atoms with Gasteiger partial charge in [-0.1, -0.05) is 36.8 Å². The van der Waals surface area contributed by atoms with Crippen LogP contribution in [-0.2, 0) is 9.53 Å². The summed E-state index contributed by atoms with van der Waals surface area (Å²) in [4.78, 5) is 15.4. The highest BCUT2D eigenvalue weighted by molar-refractivity contribution is 5.85. The zero-order valence-corrected chi connectivity index (χ0v) is 16.4. The van der Waals surface area contributed by atoms with Gasteiger partial charge in [-0.15, -0.1) is 12.4 Å². The standard InChI is InChI=1S/C21H30N2O2.ClH/c1-14-13-25-19(15-6-3-2-4-7-15)12-23(14)21(24)18-10-16-8-5-9-17(11-18)20(16)22;/h2-4,6-7,14,16-20H,5,8-13,22H2,1H3;1H. The van der Waals surface area contributed by atoms with Crippen LogP contribution in [0.5, 0.6) is 0 Å². The molecule has 1 aromatic rings. The summed E-state index contributed by atoms with van der Waals surface area (Å²) in [6.45, 7) is 3.39.